The van der Waals surface area contributed by atoms with Crippen molar-refractivity contribution >= 4 is 216 Å². The van der Waals surface area contributed by atoms with Crippen molar-refractivity contribution < 1.29 is 98.8 Å². The second-order valence-corrected chi connectivity index (χ2v) is 123. The first-order valence-corrected chi connectivity index (χ1v) is 103. The Morgan fingerprint density at radius 1 is 0.122 bits per heavy atom. The first-order chi connectivity index (χ1) is 42.0. The molecule has 0 aromatic heterocycles. The van der Waals surface area contributed by atoms with Crippen molar-refractivity contribution in [3.05, 3.63) is 0 Å². The van der Waals surface area contributed by atoms with E-state index >= 15 is 0 Å². The van der Waals surface area contributed by atoms with Gasteiger partial charge in [0.1, 0.15) is 0 Å². The molecular weight excluding hydrogens is 1670 g/mol. The highest BCUT2D eigenvalue weighted by atomic mass is 28.6. The molecule has 49 heteroatoms. The molecule has 0 bridgehead atoms. The molecule has 0 aromatic rings. The Morgan fingerprint density at radius 2 is 0.235 bits per heavy atom. The fraction of sp³-hybridized carbons (Fsp3) is 1.00. The van der Waals surface area contributed by atoms with Gasteiger partial charge in [0, 0.05) is 0 Å². The van der Waals surface area contributed by atoms with E-state index < -0.39 is 216 Å². The molecule has 3 radical (unpaired) electrons. The molecule has 0 aliphatic rings. The van der Waals surface area contributed by atoms with Gasteiger partial charge >= 0.3 is 199 Å². The molecule has 0 amide bonds. The number of hydrogen-bond donors (Lipinski definition) is 0. The summed E-state index contributed by atoms with van der Waals surface area (Å²) in [6, 6.07) is 0. The molecular formula is C49H147O24Si25. The predicted molar refractivity (Wildman–Crippen MR) is 457 cm³/mol. The van der Waals surface area contributed by atoms with Gasteiger partial charge in [0.25, 0.3) is 0 Å². The van der Waals surface area contributed by atoms with Crippen molar-refractivity contribution in [2.24, 2.45) is 0 Å². The molecule has 0 saturated heterocycles. The lowest BCUT2D eigenvalue weighted by Gasteiger charge is -2.45. The lowest BCUT2D eigenvalue weighted by atomic mass is 11.8. The van der Waals surface area contributed by atoms with E-state index in [9.17, 15) is 0 Å². The molecule has 0 saturated carbocycles. The van der Waals surface area contributed by atoms with E-state index in [0.29, 0.717) is 0 Å². The lowest BCUT2D eigenvalue weighted by Crippen LogP contribution is -2.63. The maximum absolute atomic E-state index is 6.98. The van der Waals surface area contributed by atoms with Gasteiger partial charge < -0.3 is 98.8 Å². The van der Waals surface area contributed by atoms with E-state index in [2.05, 4.69) is 275 Å². The first kappa shape index (κ1) is 102. The van der Waals surface area contributed by atoms with E-state index in [1.165, 1.54) is 0 Å². The minimum Gasteiger partial charge on any atom is -0.437 e. The Balaban J connectivity index is 5.83. The van der Waals surface area contributed by atoms with Crippen LogP contribution in [-0.4, -0.2) is 216 Å². The van der Waals surface area contributed by atoms with Crippen LogP contribution in [0.2, 0.25) is 321 Å². The predicted octanol–water partition coefficient (Wildman–Crippen LogP) is 17.4. The van der Waals surface area contributed by atoms with E-state index in [0.717, 1.165) is 0 Å². The van der Waals surface area contributed by atoms with Crippen molar-refractivity contribution in [1.29, 1.82) is 0 Å². The summed E-state index contributed by atoms with van der Waals surface area (Å²) >= 11 is 0. The molecule has 0 atom stereocenters. The molecule has 0 spiro atoms. The van der Waals surface area contributed by atoms with Gasteiger partial charge in [-0.05, 0) is 321 Å². The third-order valence-corrected chi connectivity index (χ3v) is 102. The Hall–Kier alpha value is 4.46. The quantitative estimate of drug-likeness (QED) is 0.0517. The first-order valence-electron chi connectivity index (χ1n) is 34.3. The Morgan fingerprint density at radius 3 is 0.357 bits per heavy atom. The molecule has 0 rings (SSSR count). The van der Waals surface area contributed by atoms with Gasteiger partial charge in [-0.1, -0.05) is 0 Å². The van der Waals surface area contributed by atoms with E-state index in [-0.39, 0.29) is 0 Å². The van der Waals surface area contributed by atoms with Crippen LogP contribution in [0.3, 0.4) is 0 Å². The standard InChI is InChI=1S/C49H147O24Si25/c1-74(50-75(2)52-77(4,5)6)51-76(3)53-79(10,11)55-81(14,15)57-83(18,19)59-85(22,23)61-87(26,27)63-89(30,31)65-91(34,35)67-93(38,39)69-95(42,43)71-97(46,47)73-98(48,49)72-96(44,45)70-94(40,41)68-92(36,37)66-90(32,33)64-88(28,29)62-86(24,25)60-84(20,21)58-82(16,17)56-80(12,13)54-78(7,8)9/h1-49H3. The van der Waals surface area contributed by atoms with Crippen LogP contribution in [0.25, 0.3) is 0 Å². The van der Waals surface area contributed by atoms with Gasteiger partial charge in [0.05, 0.1) is 0 Å². The Kier molecular flexibility index (Phi) is 37.3. The van der Waals surface area contributed by atoms with Crippen molar-refractivity contribution in [2.45, 2.75) is 321 Å². The monoisotopic (exact) mass is 1820 g/mol. The third kappa shape index (κ3) is 49.0. The Labute approximate surface area is 629 Å². The molecule has 0 fully saturated rings. The van der Waals surface area contributed by atoms with E-state index in [1.54, 1.807) is 0 Å². The van der Waals surface area contributed by atoms with Crippen molar-refractivity contribution in [3.8, 4) is 0 Å². The summed E-state index contributed by atoms with van der Waals surface area (Å²) in [4.78, 5) is 0. The van der Waals surface area contributed by atoms with Crippen LogP contribution in [0.5, 0.6) is 0 Å². The highest BCUT2D eigenvalue weighted by molar-refractivity contribution is 6.97. The number of rotatable bonds is 48. The fourth-order valence-electron chi connectivity index (χ4n) is 13.6. The summed E-state index contributed by atoms with van der Waals surface area (Å²) in [5, 5.41) is 0. The van der Waals surface area contributed by atoms with Crippen LogP contribution in [0.15, 0.2) is 0 Å². The average molecular weight is 1820 g/mol. The maximum Gasteiger partial charge on any atom is 0.362 e. The molecule has 587 valence electrons. The van der Waals surface area contributed by atoms with Gasteiger partial charge in [-0.2, -0.15) is 0 Å². The van der Waals surface area contributed by atoms with Crippen LogP contribution >= 0.6 is 0 Å². The normalized spacial score (nSPS) is 16.0. The zero-order valence-corrected chi connectivity index (χ0v) is 96.3. The molecule has 0 heterocycles. The van der Waals surface area contributed by atoms with Gasteiger partial charge in [0.2, 0.25) is 0 Å². The van der Waals surface area contributed by atoms with Gasteiger partial charge in [-0.15, -0.1) is 0 Å². The van der Waals surface area contributed by atoms with E-state index in [1.807, 2.05) is 45.8 Å². The maximum atomic E-state index is 6.98. The van der Waals surface area contributed by atoms with Gasteiger partial charge in [-0.25, -0.2) is 0 Å². The summed E-state index contributed by atoms with van der Waals surface area (Å²) in [7, 11) is -64.3. The van der Waals surface area contributed by atoms with Crippen LogP contribution < -0.4 is 0 Å². The molecule has 0 aliphatic carbocycles. The second-order valence-electron chi connectivity index (χ2n) is 36.1. The fourth-order valence-corrected chi connectivity index (χ4v) is 131. The molecule has 98 heavy (non-hydrogen) atoms. The largest absolute Gasteiger partial charge is 0.437 e. The van der Waals surface area contributed by atoms with Gasteiger partial charge in [-0.3, -0.25) is 0 Å². The van der Waals surface area contributed by atoms with E-state index in [4.69, 9.17) is 98.8 Å². The summed E-state index contributed by atoms with van der Waals surface area (Å²) in [6.45, 7) is 101. The second kappa shape index (κ2) is 35.7. The van der Waals surface area contributed by atoms with Crippen LogP contribution in [-0.2, 0) is 98.8 Å². The van der Waals surface area contributed by atoms with Gasteiger partial charge in [0.15, 0.2) is 16.6 Å². The average Bonchev–Trinajstić information content (AvgIpc) is 0.810. The summed E-state index contributed by atoms with van der Waals surface area (Å²) in [6.07, 6.45) is 0. The molecule has 0 unspecified atom stereocenters. The van der Waals surface area contributed by atoms with Crippen LogP contribution in [0.4, 0.5) is 0 Å². The minimum atomic E-state index is -2.90. The zero-order chi connectivity index (χ0) is 78.7. The summed E-state index contributed by atoms with van der Waals surface area (Å²) in [5.74, 6) is 0. The number of hydrogen-bond acceptors (Lipinski definition) is 24. The van der Waals surface area contributed by atoms with Crippen LogP contribution in [0.1, 0.15) is 0 Å². The SMILES string of the molecule is C[Si](O[Si](C)O[Si](C)(C)C)O[Si](C)O[Si](C)(C)O[Si](C)(C)O[Si](C)(C)O[Si](C)(C)O[Si](C)(C)O[Si](C)(C)O[Si](C)(C)O[Si](C)(C)O[Si](C)(C)O[Si](C)(C)O[Si](C)(C)O[Si](C)(C)O[Si](C)(C)O[Si](C)(C)O[Si](C)(C)O[Si](C)(C)O[Si](C)(C)O[Si](C)(C)O[Si](C)(C)O[Si](C)(C)O[Si](C)(C)C. The third-order valence-electron chi connectivity index (χ3n) is 11.3. The Bertz CT molecular complexity index is 2480. The van der Waals surface area contributed by atoms with Crippen molar-refractivity contribution in [2.75, 3.05) is 0 Å². The smallest absolute Gasteiger partial charge is 0.362 e. The lowest BCUT2D eigenvalue weighted by molar-refractivity contribution is 0.248. The minimum absolute atomic E-state index is 1.40. The molecule has 0 N–H and O–H groups in total. The molecule has 24 nitrogen and oxygen atoms in total. The summed E-state index contributed by atoms with van der Waals surface area (Å²) in [5.41, 5.74) is 0. The molecule has 0 aliphatic heterocycles. The zero-order valence-electron chi connectivity index (χ0n) is 71.3. The summed E-state index contributed by atoms with van der Waals surface area (Å²) < 4.78 is 163. The highest BCUT2D eigenvalue weighted by Gasteiger charge is 2.55. The van der Waals surface area contributed by atoms with Crippen molar-refractivity contribution in [3.63, 3.8) is 0 Å². The molecule has 0 aromatic carbocycles. The van der Waals surface area contributed by atoms with Crippen molar-refractivity contribution in [1.82, 2.24) is 0 Å². The highest BCUT2D eigenvalue weighted by Crippen LogP contribution is 2.36. The van der Waals surface area contributed by atoms with Crippen LogP contribution in [0, 0.1) is 0 Å². The topological polar surface area (TPSA) is 222 Å².